The molecule has 0 heterocycles. The molecule has 0 saturated carbocycles. The zero-order valence-corrected chi connectivity index (χ0v) is 9.18. The highest BCUT2D eigenvalue weighted by Crippen LogP contribution is 2.07. The van der Waals surface area contributed by atoms with Crippen LogP contribution >= 0.6 is 0 Å². The molecule has 13 heavy (non-hydrogen) atoms. The molecular weight excluding hydrogens is 162 g/mol. The largest absolute Gasteiger partial charge is 0.380 e. The first kappa shape index (κ1) is 12.7. The number of nitrogens with one attached hydrogen (secondary N) is 1. The summed E-state index contributed by atoms with van der Waals surface area (Å²) in [7, 11) is 1.77. The van der Waals surface area contributed by atoms with Crippen LogP contribution in [0.5, 0.6) is 0 Å². The fourth-order valence-corrected chi connectivity index (χ4v) is 1.41. The van der Waals surface area contributed by atoms with E-state index in [0.717, 1.165) is 19.4 Å². The van der Waals surface area contributed by atoms with Crippen LogP contribution in [-0.2, 0) is 4.74 Å². The highest BCUT2D eigenvalue weighted by Gasteiger charge is 2.14. The second-order valence-corrected chi connectivity index (χ2v) is 3.32. The average Bonchev–Trinajstić information content (AvgIpc) is 2.16. The van der Waals surface area contributed by atoms with Gasteiger partial charge in [0.15, 0.2) is 0 Å². The van der Waals surface area contributed by atoms with E-state index in [2.05, 4.69) is 25.7 Å². The summed E-state index contributed by atoms with van der Waals surface area (Å²) in [4.78, 5) is 0. The Labute approximate surface area is 82.4 Å². The Morgan fingerprint density at radius 3 is 2.69 bits per heavy atom. The lowest BCUT2D eigenvalue weighted by Crippen LogP contribution is -2.39. The number of allylic oxidation sites excluding steroid dienone is 1. The number of methoxy groups -OCH3 is 1. The van der Waals surface area contributed by atoms with E-state index in [1.807, 2.05) is 6.08 Å². The first-order chi connectivity index (χ1) is 6.26. The van der Waals surface area contributed by atoms with Crippen molar-refractivity contribution in [3.63, 3.8) is 0 Å². The van der Waals surface area contributed by atoms with Crippen LogP contribution in [0.1, 0.15) is 33.1 Å². The number of hydrogen-bond acceptors (Lipinski definition) is 2. The van der Waals surface area contributed by atoms with Crippen LogP contribution in [0, 0.1) is 0 Å². The number of likely N-dealkylation sites (N-methyl/N-ethyl adjacent to an activating group) is 1. The molecule has 0 aromatic carbocycles. The van der Waals surface area contributed by atoms with E-state index >= 15 is 0 Å². The van der Waals surface area contributed by atoms with Gasteiger partial charge in [0.1, 0.15) is 0 Å². The molecule has 78 valence electrons. The van der Waals surface area contributed by atoms with Crippen molar-refractivity contribution < 1.29 is 4.74 Å². The number of rotatable bonds is 8. The Morgan fingerprint density at radius 2 is 2.23 bits per heavy atom. The summed E-state index contributed by atoms with van der Waals surface area (Å²) in [5.74, 6) is 0. The van der Waals surface area contributed by atoms with E-state index in [-0.39, 0.29) is 0 Å². The molecule has 2 atom stereocenters. The number of ether oxygens (including phenoxy) is 1. The second-order valence-electron chi connectivity index (χ2n) is 3.32. The van der Waals surface area contributed by atoms with E-state index < -0.39 is 0 Å². The zero-order valence-electron chi connectivity index (χ0n) is 9.18. The third-order valence-electron chi connectivity index (χ3n) is 2.33. The molecule has 2 nitrogen and oxygen atoms in total. The number of hydrogen-bond donors (Lipinski definition) is 1. The molecule has 2 heteroatoms. The van der Waals surface area contributed by atoms with Crippen LogP contribution in [0.2, 0.25) is 0 Å². The quantitative estimate of drug-likeness (QED) is 0.463. The molecule has 0 aromatic heterocycles. The Hall–Kier alpha value is -0.340. The lowest BCUT2D eigenvalue weighted by atomic mass is 10.1. The van der Waals surface area contributed by atoms with E-state index in [1.165, 1.54) is 6.42 Å². The van der Waals surface area contributed by atoms with E-state index in [4.69, 9.17) is 4.74 Å². The topological polar surface area (TPSA) is 21.3 Å². The average molecular weight is 185 g/mol. The van der Waals surface area contributed by atoms with Gasteiger partial charge in [-0.15, -0.1) is 6.58 Å². The van der Waals surface area contributed by atoms with E-state index in [0.29, 0.717) is 12.1 Å². The normalized spacial score (nSPS) is 15.3. The van der Waals surface area contributed by atoms with Crippen molar-refractivity contribution in [1.29, 1.82) is 0 Å². The maximum absolute atomic E-state index is 5.31. The highest BCUT2D eigenvalue weighted by molar-refractivity contribution is 4.75. The summed E-state index contributed by atoms with van der Waals surface area (Å²) in [6.45, 7) is 8.96. The van der Waals surface area contributed by atoms with Gasteiger partial charge in [-0.1, -0.05) is 13.0 Å². The minimum absolute atomic E-state index is 0.296. The fourth-order valence-electron chi connectivity index (χ4n) is 1.41. The third-order valence-corrected chi connectivity index (χ3v) is 2.33. The molecule has 0 aliphatic heterocycles. The van der Waals surface area contributed by atoms with Gasteiger partial charge in [0, 0.05) is 13.2 Å². The van der Waals surface area contributed by atoms with Crippen LogP contribution in [0.15, 0.2) is 12.7 Å². The molecule has 0 bridgehead atoms. The summed E-state index contributed by atoms with van der Waals surface area (Å²) in [6.07, 6.45) is 5.72. The molecule has 0 radical (unpaired) electrons. The molecule has 0 saturated heterocycles. The summed E-state index contributed by atoms with van der Waals surface area (Å²) in [5, 5.41) is 3.43. The smallest absolute Gasteiger partial charge is 0.0696 e. The van der Waals surface area contributed by atoms with Crippen LogP contribution in [0.3, 0.4) is 0 Å². The maximum Gasteiger partial charge on any atom is 0.0696 e. The van der Waals surface area contributed by atoms with Crippen molar-refractivity contribution in [2.24, 2.45) is 0 Å². The Kier molecular flexibility index (Phi) is 8.05. The van der Waals surface area contributed by atoms with Crippen LogP contribution < -0.4 is 5.32 Å². The van der Waals surface area contributed by atoms with Crippen LogP contribution in [0.25, 0.3) is 0 Å². The summed E-state index contributed by atoms with van der Waals surface area (Å²) < 4.78 is 5.31. The van der Waals surface area contributed by atoms with Gasteiger partial charge in [0.25, 0.3) is 0 Å². The maximum atomic E-state index is 5.31. The highest BCUT2D eigenvalue weighted by atomic mass is 16.5. The van der Waals surface area contributed by atoms with Gasteiger partial charge >= 0.3 is 0 Å². The van der Waals surface area contributed by atoms with Crippen LogP contribution in [0.4, 0.5) is 0 Å². The minimum Gasteiger partial charge on any atom is -0.380 e. The van der Waals surface area contributed by atoms with Crippen molar-refractivity contribution >= 4 is 0 Å². The van der Waals surface area contributed by atoms with Gasteiger partial charge in [-0.3, -0.25) is 0 Å². The van der Waals surface area contributed by atoms with E-state index in [1.54, 1.807) is 7.11 Å². The molecule has 0 rings (SSSR count). The zero-order chi connectivity index (χ0) is 10.1. The third kappa shape index (κ3) is 5.83. The van der Waals surface area contributed by atoms with Gasteiger partial charge in [0.05, 0.1) is 6.10 Å². The first-order valence-electron chi connectivity index (χ1n) is 5.13. The van der Waals surface area contributed by atoms with Gasteiger partial charge < -0.3 is 10.1 Å². The Balaban J connectivity index is 3.71. The molecule has 0 aliphatic carbocycles. The standard InChI is InChI=1S/C11H23NO/c1-5-7-8-9-11(12-6-2)10(3)13-4/h5,10-12H,1,6-9H2,2-4H3. The predicted octanol–water partition coefficient (Wildman–Crippen LogP) is 2.36. The van der Waals surface area contributed by atoms with Crippen molar-refractivity contribution in [1.82, 2.24) is 5.32 Å². The second kappa shape index (κ2) is 8.27. The monoisotopic (exact) mass is 185 g/mol. The SMILES string of the molecule is C=CCCCC(NCC)C(C)OC. The van der Waals surface area contributed by atoms with Crippen molar-refractivity contribution in [3.05, 3.63) is 12.7 Å². The molecule has 2 unspecified atom stereocenters. The van der Waals surface area contributed by atoms with Gasteiger partial charge in [-0.05, 0) is 32.7 Å². The molecule has 0 fully saturated rings. The van der Waals surface area contributed by atoms with Crippen LogP contribution in [-0.4, -0.2) is 25.8 Å². The fraction of sp³-hybridized carbons (Fsp3) is 0.818. The molecule has 0 aromatic rings. The van der Waals surface area contributed by atoms with Gasteiger partial charge in [0.2, 0.25) is 0 Å². The lowest BCUT2D eigenvalue weighted by Gasteiger charge is -2.23. The molecule has 1 N–H and O–H groups in total. The van der Waals surface area contributed by atoms with Crippen molar-refractivity contribution in [2.45, 2.75) is 45.3 Å². The first-order valence-corrected chi connectivity index (χ1v) is 5.13. The Morgan fingerprint density at radius 1 is 1.54 bits per heavy atom. The molecule has 0 spiro atoms. The summed E-state index contributed by atoms with van der Waals surface area (Å²) in [6, 6.07) is 0.481. The number of unbranched alkanes of at least 4 members (excludes halogenated alkanes) is 1. The lowest BCUT2D eigenvalue weighted by molar-refractivity contribution is 0.0800. The Bertz CT molecular complexity index is 125. The molecular formula is C11H23NO. The van der Waals surface area contributed by atoms with Crippen molar-refractivity contribution in [2.75, 3.05) is 13.7 Å². The molecule has 0 aliphatic rings. The van der Waals surface area contributed by atoms with E-state index in [9.17, 15) is 0 Å². The predicted molar refractivity (Wildman–Crippen MR) is 58.0 cm³/mol. The van der Waals surface area contributed by atoms with Crippen molar-refractivity contribution in [3.8, 4) is 0 Å². The van der Waals surface area contributed by atoms with Gasteiger partial charge in [-0.25, -0.2) is 0 Å². The summed E-state index contributed by atoms with van der Waals surface area (Å²) >= 11 is 0. The molecule has 0 amide bonds. The minimum atomic E-state index is 0.296. The van der Waals surface area contributed by atoms with Gasteiger partial charge in [-0.2, -0.15) is 0 Å². The summed E-state index contributed by atoms with van der Waals surface area (Å²) in [5.41, 5.74) is 0.